The first-order valence-corrected chi connectivity index (χ1v) is 6.01. The summed E-state index contributed by atoms with van der Waals surface area (Å²) in [5.74, 6) is 2.95. The highest BCUT2D eigenvalue weighted by atomic mass is 16.5. The molecule has 0 unspecified atom stereocenters. The Balaban J connectivity index is 2.32. The van der Waals surface area contributed by atoms with E-state index in [1.807, 2.05) is 18.2 Å². The van der Waals surface area contributed by atoms with Gasteiger partial charge in [-0.1, -0.05) is 6.07 Å². The molecule has 2 rings (SSSR count). The largest absolute Gasteiger partial charge is 0.497 e. The van der Waals surface area contributed by atoms with E-state index in [1.165, 1.54) is 0 Å². The monoisotopic (exact) mass is 275 g/mol. The standard InChI is InChI=1S/C15H17NO4/c1-17-10-5-4-6-11(7-10)20-13-9-15(19-3)14(18-2)8-12(13)16/h4-9H,16H2,1-3H3. The predicted octanol–water partition coefficient (Wildman–Crippen LogP) is 3.09. The fraction of sp³-hybridized carbons (Fsp3) is 0.200. The Morgan fingerprint density at radius 1 is 0.750 bits per heavy atom. The molecule has 0 bridgehead atoms. The van der Waals surface area contributed by atoms with Crippen molar-refractivity contribution in [1.29, 1.82) is 0 Å². The Labute approximate surface area is 117 Å². The second-order valence-electron chi connectivity index (χ2n) is 4.03. The van der Waals surface area contributed by atoms with E-state index in [4.69, 9.17) is 24.7 Å². The summed E-state index contributed by atoms with van der Waals surface area (Å²) in [6, 6.07) is 10.6. The highest BCUT2D eigenvalue weighted by molar-refractivity contribution is 5.62. The van der Waals surface area contributed by atoms with Crippen LogP contribution in [-0.2, 0) is 0 Å². The summed E-state index contributed by atoms with van der Waals surface area (Å²) in [6.07, 6.45) is 0. The predicted molar refractivity (Wildman–Crippen MR) is 77.0 cm³/mol. The third kappa shape index (κ3) is 2.88. The van der Waals surface area contributed by atoms with Crippen LogP contribution in [0.5, 0.6) is 28.7 Å². The maximum atomic E-state index is 5.95. The number of hydrogen-bond acceptors (Lipinski definition) is 5. The van der Waals surface area contributed by atoms with Gasteiger partial charge in [-0.3, -0.25) is 0 Å². The van der Waals surface area contributed by atoms with Crippen molar-refractivity contribution >= 4 is 5.69 Å². The van der Waals surface area contributed by atoms with Crippen LogP contribution in [0.1, 0.15) is 0 Å². The lowest BCUT2D eigenvalue weighted by Gasteiger charge is -2.13. The summed E-state index contributed by atoms with van der Waals surface area (Å²) in [5, 5.41) is 0. The molecule has 106 valence electrons. The second kappa shape index (κ2) is 6.06. The molecule has 0 radical (unpaired) electrons. The van der Waals surface area contributed by atoms with Crippen molar-refractivity contribution in [2.45, 2.75) is 0 Å². The van der Waals surface area contributed by atoms with Gasteiger partial charge in [-0.25, -0.2) is 0 Å². The van der Waals surface area contributed by atoms with Crippen LogP contribution in [0.25, 0.3) is 0 Å². The topological polar surface area (TPSA) is 62.9 Å². The molecule has 0 atom stereocenters. The summed E-state index contributed by atoms with van der Waals surface area (Å²) >= 11 is 0. The number of methoxy groups -OCH3 is 3. The molecule has 0 aliphatic carbocycles. The molecule has 0 saturated carbocycles. The van der Waals surface area contributed by atoms with Gasteiger partial charge in [-0.15, -0.1) is 0 Å². The van der Waals surface area contributed by atoms with Gasteiger partial charge in [-0.05, 0) is 12.1 Å². The summed E-state index contributed by atoms with van der Waals surface area (Å²) < 4.78 is 21.3. The Morgan fingerprint density at radius 2 is 1.40 bits per heavy atom. The van der Waals surface area contributed by atoms with E-state index in [1.54, 1.807) is 39.5 Å². The molecule has 0 saturated heterocycles. The van der Waals surface area contributed by atoms with Crippen LogP contribution in [0.2, 0.25) is 0 Å². The average Bonchev–Trinajstić information content (AvgIpc) is 2.49. The summed E-state index contributed by atoms with van der Waals surface area (Å²) in [5.41, 5.74) is 6.41. The summed E-state index contributed by atoms with van der Waals surface area (Å²) in [4.78, 5) is 0. The normalized spacial score (nSPS) is 9.95. The fourth-order valence-corrected chi connectivity index (χ4v) is 1.76. The smallest absolute Gasteiger partial charge is 0.164 e. The van der Waals surface area contributed by atoms with Crippen molar-refractivity contribution in [3.05, 3.63) is 36.4 Å². The van der Waals surface area contributed by atoms with Crippen molar-refractivity contribution in [3.63, 3.8) is 0 Å². The number of nitrogens with two attached hydrogens (primary N) is 1. The quantitative estimate of drug-likeness (QED) is 0.849. The van der Waals surface area contributed by atoms with Gasteiger partial charge in [0, 0.05) is 18.2 Å². The van der Waals surface area contributed by atoms with Crippen LogP contribution in [0.15, 0.2) is 36.4 Å². The zero-order valence-electron chi connectivity index (χ0n) is 11.7. The molecule has 0 amide bonds. The number of rotatable bonds is 5. The Hall–Kier alpha value is -2.56. The lowest BCUT2D eigenvalue weighted by atomic mass is 10.2. The van der Waals surface area contributed by atoms with Gasteiger partial charge in [0.1, 0.15) is 11.5 Å². The van der Waals surface area contributed by atoms with E-state index in [2.05, 4.69) is 0 Å². The van der Waals surface area contributed by atoms with Crippen LogP contribution >= 0.6 is 0 Å². The van der Waals surface area contributed by atoms with E-state index >= 15 is 0 Å². The van der Waals surface area contributed by atoms with Crippen LogP contribution in [-0.4, -0.2) is 21.3 Å². The number of ether oxygens (including phenoxy) is 4. The highest BCUT2D eigenvalue weighted by Crippen LogP contribution is 2.38. The highest BCUT2D eigenvalue weighted by Gasteiger charge is 2.11. The minimum absolute atomic E-state index is 0.463. The van der Waals surface area contributed by atoms with Crippen molar-refractivity contribution in [3.8, 4) is 28.7 Å². The second-order valence-corrected chi connectivity index (χ2v) is 4.03. The van der Waals surface area contributed by atoms with Crippen molar-refractivity contribution < 1.29 is 18.9 Å². The summed E-state index contributed by atoms with van der Waals surface area (Å²) in [7, 11) is 4.72. The first-order chi connectivity index (χ1) is 9.67. The molecule has 0 aliphatic heterocycles. The minimum atomic E-state index is 0.463. The maximum absolute atomic E-state index is 5.95. The zero-order chi connectivity index (χ0) is 14.5. The van der Waals surface area contributed by atoms with Gasteiger partial charge in [0.05, 0.1) is 27.0 Å². The molecule has 0 heterocycles. The molecule has 2 aromatic carbocycles. The number of nitrogen functional groups attached to an aromatic ring is 1. The first-order valence-electron chi connectivity index (χ1n) is 6.01. The van der Waals surface area contributed by atoms with Crippen molar-refractivity contribution in [2.75, 3.05) is 27.1 Å². The van der Waals surface area contributed by atoms with Crippen LogP contribution in [0.4, 0.5) is 5.69 Å². The van der Waals surface area contributed by atoms with Crippen LogP contribution in [0.3, 0.4) is 0 Å². The number of benzene rings is 2. The fourth-order valence-electron chi connectivity index (χ4n) is 1.76. The van der Waals surface area contributed by atoms with Gasteiger partial charge in [0.15, 0.2) is 17.2 Å². The van der Waals surface area contributed by atoms with E-state index < -0.39 is 0 Å². The molecule has 0 aliphatic rings. The Morgan fingerprint density at radius 3 is 2.05 bits per heavy atom. The lowest BCUT2D eigenvalue weighted by molar-refractivity contribution is 0.352. The average molecular weight is 275 g/mol. The van der Waals surface area contributed by atoms with Gasteiger partial charge in [0.25, 0.3) is 0 Å². The SMILES string of the molecule is COc1cccc(Oc2cc(OC)c(OC)cc2N)c1. The molecule has 0 spiro atoms. The van der Waals surface area contributed by atoms with E-state index in [9.17, 15) is 0 Å². The molecule has 20 heavy (non-hydrogen) atoms. The third-order valence-electron chi connectivity index (χ3n) is 2.78. The van der Waals surface area contributed by atoms with E-state index in [0.29, 0.717) is 34.4 Å². The molecule has 5 heteroatoms. The van der Waals surface area contributed by atoms with Gasteiger partial charge in [0.2, 0.25) is 0 Å². The summed E-state index contributed by atoms with van der Waals surface area (Å²) in [6.45, 7) is 0. The van der Waals surface area contributed by atoms with Crippen molar-refractivity contribution in [1.82, 2.24) is 0 Å². The molecule has 2 N–H and O–H groups in total. The zero-order valence-corrected chi connectivity index (χ0v) is 11.7. The Kier molecular flexibility index (Phi) is 4.20. The molecule has 2 aromatic rings. The number of hydrogen-bond donors (Lipinski definition) is 1. The van der Waals surface area contributed by atoms with Crippen LogP contribution in [0, 0.1) is 0 Å². The molecule has 0 fully saturated rings. The van der Waals surface area contributed by atoms with E-state index in [-0.39, 0.29) is 0 Å². The van der Waals surface area contributed by atoms with Crippen LogP contribution < -0.4 is 24.7 Å². The maximum Gasteiger partial charge on any atom is 0.164 e. The molecule has 5 nitrogen and oxygen atoms in total. The molecular formula is C15H17NO4. The minimum Gasteiger partial charge on any atom is -0.497 e. The first kappa shape index (κ1) is 13.9. The van der Waals surface area contributed by atoms with Gasteiger partial charge < -0.3 is 24.7 Å². The molecular weight excluding hydrogens is 258 g/mol. The van der Waals surface area contributed by atoms with Gasteiger partial charge >= 0.3 is 0 Å². The lowest BCUT2D eigenvalue weighted by Crippen LogP contribution is -1.97. The number of anilines is 1. The van der Waals surface area contributed by atoms with E-state index in [0.717, 1.165) is 0 Å². The van der Waals surface area contributed by atoms with Gasteiger partial charge in [-0.2, -0.15) is 0 Å². The molecule has 0 aromatic heterocycles. The Bertz CT molecular complexity index is 598. The third-order valence-corrected chi connectivity index (χ3v) is 2.78. The van der Waals surface area contributed by atoms with Crippen molar-refractivity contribution in [2.24, 2.45) is 0 Å².